The summed E-state index contributed by atoms with van der Waals surface area (Å²) in [5.74, 6) is -14.5. The van der Waals surface area contributed by atoms with E-state index in [0.29, 0.717) is 58.4 Å². The fourth-order valence-electron chi connectivity index (χ4n) is 10.5. The number of nitrogens with two attached hydrogens (primary N) is 2. The number of oxime groups is 1. The predicted molar refractivity (Wildman–Crippen MR) is 447 cm³/mol. The van der Waals surface area contributed by atoms with Gasteiger partial charge in [0.2, 0.25) is 76.8 Å². The quantitative estimate of drug-likeness (QED) is 0.00962. The predicted octanol–water partition coefficient (Wildman–Crippen LogP) is -6.93. The molecule has 0 saturated carbocycles. The number of nitrogens with zero attached hydrogens (tertiary/aromatic N) is 1. The van der Waals surface area contributed by atoms with Crippen LogP contribution in [0.1, 0.15) is 49.7 Å². The highest BCUT2D eigenvalue weighted by Gasteiger charge is 2.36. The van der Waals surface area contributed by atoms with E-state index in [-0.39, 0.29) is 161 Å². The maximum atomic E-state index is 14.7. The highest BCUT2D eigenvalue weighted by Crippen LogP contribution is 2.24. The van der Waals surface area contributed by atoms with Gasteiger partial charge in [-0.25, -0.2) is 0 Å². The Balaban J connectivity index is 1.36. The molecule has 2 aliphatic rings. The number of rotatable bonds is 56. The Hall–Kier alpha value is -10.1. The molecular weight excluding hydrogens is 1680 g/mol. The fourth-order valence-corrected chi connectivity index (χ4v) is 13.7. The summed E-state index contributed by atoms with van der Waals surface area (Å²) in [6.07, 6.45) is 0.490. The van der Waals surface area contributed by atoms with Crippen molar-refractivity contribution in [2.24, 2.45) is 16.6 Å². The molecule has 2 bridgehead atoms. The van der Waals surface area contributed by atoms with Crippen molar-refractivity contribution < 1.29 is 129 Å². The minimum Gasteiger partial charge on any atom is -0.481 e. The number of guanidine groups is 1. The van der Waals surface area contributed by atoms with Crippen LogP contribution in [0.5, 0.6) is 0 Å². The number of hydrogen-bond acceptors (Lipinski definition) is 31. The number of nitrogens with one attached hydrogen (secondary N) is 15. The average Bonchev–Trinajstić information content (AvgIpc) is 0.954. The van der Waals surface area contributed by atoms with Gasteiger partial charge in [0.15, 0.2) is 12.6 Å². The summed E-state index contributed by atoms with van der Waals surface area (Å²) in [4.78, 5) is 205. The molecule has 0 aromatic heterocycles. The first-order valence-electron chi connectivity index (χ1n) is 39.6. The molecule has 48 heteroatoms. The van der Waals surface area contributed by atoms with Gasteiger partial charge in [-0.2, -0.15) is 0 Å². The third kappa shape index (κ3) is 52.8. The lowest BCUT2D eigenvalue weighted by Crippen LogP contribution is -2.60. The van der Waals surface area contributed by atoms with Gasteiger partial charge in [-0.1, -0.05) is 87.4 Å². The zero-order chi connectivity index (χ0) is 89.3. The monoisotopic (exact) mass is 1800 g/mol. The zero-order valence-electron chi connectivity index (χ0n) is 68.4. The molecule has 2 aromatic carbocycles. The van der Waals surface area contributed by atoms with Crippen molar-refractivity contribution in [1.29, 1.82) is 5.41 Å². The van der Waals surface area contributed by atoms with Crippen LogP contribution in [0.4, 0.5) is 0 Å². The SMILES string of the molecule is N=C(N)NCCC[C@@H]1NC(=O)[C@@H]2CSSC[C@H](NC(=O)[C@H](CC(=O)O)NC(=O)CNC1=O)C(=O)N[C@@H](Cc1ccccc1)C(=O)N[C@H](C(=O)NCCOCCOCCOCCNC(=O)COCC(N)=O)CSCC(=O)N[C@@H](CCCCNC(=O)COCC(=O)NCCOCCOCCOCCOCCOCCNC(=O)CO/N=C/c1ccccc1)C(=O)N2. The number of benzene rings is 2. The minimum absolute atomic E-state index is 0.0285. The first-order valence-corrected chi connectivity index (χ1v) is 43.2. The van der Waals surface area contributed by atoms with E-state index >= 15 is 0 Å². The maximum Gasteiger partial charge on any atom is 0.305 e. The summed E-state index contributed by atoms with van der Waals surface area (Å²) in [5, 5.41) is 57.4. The van der Waals surface area contributed by atoms with Crippen LogP contribution in [0.15, 0.2) is 65.8 Å². The lowest BCUT2D eigenvalue weighted by atomic mass is 10.0. The number of primary amides is 1. The number of thioether (sulfide) groups is 1. The summed E-state index contributed by atoms with van der Waals surface area (Å²) in [6, 6.07) is 6.83. The molecule has 20 N–H and O–H groups in total. The van der Waals surface area contributed by atoms with Crippen LogP contribution in [0.2, 0.25) is 0 Å². The number of amides is 14. The van der Waals surface area contributed by atoms with Crippen LogP contribution in [0, 0.1) is 5.41 Å². The number of carboxylic acid groups (broad SMARTS) is 1. The first-order chi connectivity index (χ1) is 59.4. The molecule has 45 nitrogen and oxygen atoms in total. The summed E-state index contributed by atoms with van der Waals surface area (Å²) < 4.78 is 54.2. The van der Waals surface area contributed by atoms with E-state index in [1.54, 1.807) is 30.3 Å². The number of fused-ring (bicyclic) bond motifs is 5. The largest absolute Gasteiger partial charge is 0.481 e. The molecule has 14 amide bonds. The van der Waals surface area contributed by atoms with E-state index in [1.165, 1.54) is 6.21 Å². The number of hydrogen-bond donors (Lipinski definition) is 18. The van der Waals surface area contributed by atoms with Crippen molar-refractivity contribution in [3.63, 3.8) is 0 Å². The molecule has 0 spiro atoms. The number of carboxylic acids is 1. The smallest absolute Gasteiger partial charge is 0.305 e. The van der Waals surface area contributed by atoms with Gasteiger partial charge in [-0.05, 0) is 43.2 Å². The Kier molecular flexibility index (Phi) is 56.8. The van der Waals surface area contributed by atoms with Gasteiger partial charge in [-0.3, -0.25) is 77.3 Å². The van der Waals surface area contributed by atoms with Crippen LogP contribution in [-0.4, -0.2) is 356 Å². The molecule has 2 saturated heterocycles. The summed E-state index contributed by atoms with van der Waals surface area (Å²) in [5.41, 5.74) is 11.8. The molecular formula is C75H116N18O27S3. The maximum absolute atomic E-state index is 14.7. The lowest BCUT2D eigenvalue weighted by Gasteiger charge is -2.27. The fraction of sp³-hybridized carbons (Fsp3) is 0.613. The highest BCUT2D eigenvalue weighted by atomic mass is 33.1. The first kappa shape index (κ1) is 105. The number of aliphatic carboxylic acids is 1. The molecule has 0 radical (unpaired) electrons. The molecule has 0 aliphatic carbocycles. The van der Waals surface area contributed by atoms with Crippen molar-refractivity contribution in [1.82, 2.24) is 74.4 Å². The Morgan fingerprint density at radius 2 is 0.870 bits per heavy atom. The van der Waals surface area contributed by atoms with Crippen molar-refractivity contribution in [3.8, 4) is 0 Å². The second-order valence-corrected chi connectivity index (χ2v) is 30.2. The van der Waals surface area contributed by atoms with Crippen LogP contribution >= 0.6 is 33.3 Å². The molecule has 7 atom stereocenters. The van der Waals surface area contributed by atoms with Crippen molar-refractivity contribution in [2.75, 3.05) is 208 Å². The number of carbonyl (C=O) groups is 15. The van der Waals surface area contributed by atoms with Gasteiger partial charge < -0.3 is 143 Å². The Morgan fingerprint density at radius 3 is 1.38 bits per heavy atom. The lowest BCUT2D eigenvalue weighted by molar-refractivity contribution is -0.141. The third-order valence-corrected chi connectivity index (χ3v) is 20.0. The van der Waals surface area contributed by atoms with E-state index in [0.717, 1.165) is 38.9 Å². The zero-order valence-corrected chi connectivity index (χ0v) is 70.8. The van der Waals surface area contributed by atoms with E-state index in [1.807, 2.05) is 30.3 Å². The van der Waals surface area contributed by atoms with Crippen LogP contribution < -0.4 is 85.9 Å². The van der Waals surface area contributed by atoms with Crippen molar-refractivity contribution >= 4 is 134 Å². The number of ether oxygens (including phenoxy) is 10. The van der Waals surface area contributed by atoms with E-state index < -0.39 is 175 Å². The molecule has 2 aromatic rings. The summed E-state index contributed by atoms with van der Waals surface area (Å²) in [6.45, 7) is 1.40. The van der Waals surface area contributed by atoms with Gasteiger partial charge in [0.1, 0.15) is 68.7 Å². The van der Waals surface area contributed by atoms with Gasteiger partial charge in [-0.15, -0.1) is 11.8 Å². The third-order valence-electron chi connectivity index (χ3n) is 16.5. The Morgan fingerprint density at radius 1 is 0.439 bits per heavy atom. The van der Waals surface area contributed by atoms with Gasteiger partial charge in [0.25, 0.3) is 5.91 Å². The second kappa shape index (κ2) is 66.4. The molecule has 2 heterocycles. The van der Waals surface area contributed by atoms with Gasteiger partial charge in [0.05, 0.1) is 131 Å². The number of unbranched alkanes of at least 4 members (excludes halogenated alkanes) is 1. The van der Waals surface area contributed by atoms with Gasteiger partial charge in [0, 0.05) is 62.9 Å². The van der Waals surface area contributed by atoms with Crippen molar-refractivity contribution in [3.05, 3.63) is 71.8 Å². The minimum atomic E-state index is -1.85. The standard InChI is InChI=1S/C75H116N18O27S3/c76-60(94)42-118-43-63(97)80-18-22-110-26-30-114-33-29-113-25-21-83-69(104)57-47-121-50-66(100)87-54(14-7-8-16-79-62(96)44-119-45-64(98)81-19-23-111-27-31-115-34-36-117-37-35-116-32-28-112-24-20-82-65(99)46-120-86-40-52-12-5-2-6-13-52)70(105)92-58-48-122-123-49-59(74(109)90-55(71(106)91-57)38-51-10-3-1-4-11-51)93-72(107)56(39-67(101)102)88-61(95)41-85-68(103)53(89-73(58)108)15-9-17-84-75(77)78/h1-6,10-13,40,53-59H,7-9,14-39,41-50H2,(H2,76,94)(H,79,96)(H,80,97)(H,81,98)(H,82,99)(H,83,104)(H,85,103)(H,87,100)(H,88,95)(H,89,108)(H,90,109)(H,91,106)(H,92,105)(H,93,107)(H,101,102)(H4,77,78,84)/b86-40+/t53-,54-,55-,56-,57-,58-,59-/m0/s1. The number of carbonyl (C=O) groups excluding carboxylic acids is 14. The molecule has 0 unspecified atom stereocenters. The molecule has 2 aliphatic heterocycles. The molecule has 2 fully saturated rings. The highest BCUT2D eigenvalue weighted by molar-refractivity contribution is 8.76. The van der Waals surface area contributed by atoms with E-state index in [4.69, 9.17) is 69.1 Å². The average molecular weight is 1800 g/mol. The van der Waals surface area contributed by atoms with Crippen LogP contribution in [0.25, 0.3) is 0 Å². The second-order valence-electron chi connectivity index (χ2n) is 26.6. The molecule has 4 rings (SSSR count). The summed E-state index contributed by atoms with van der Waals surface area (Å²) in [7, 11) is 1.78. The van der Waals surface area contributed by atoms with E-state index in [9.17, 15) is 77.0 Å². The topological polar surface area (TPSA) is 634 Å². The normalized spacial score (nSPS) is 18.5. The van der Waals surface area contributed by atoms with Crippen molar-refractivity contribution in [2.45, 2.75) is 87.2 Å². The van der Waals surface area contributed by atoms with Gasteiger partial charge >= 0.3 is 5.97 Å². The van der Waals surface area contributed by atoms with E-state index in [2.05, 4.69) is 79.6 Å². The molecule has 686 valence electrons. The van der Waals surface area contributed by atoms with Crippen LogP contribution in [-0.2, 0) is 131 Å². The Labute approximate surface area is 723 Å². The molecule has 123 heavy (non-hydrogen) atoms. The summed E-state index contributed by atoms with van der Waals surface area (Å²) >= 11 is 0.866. The Bertz CT molecular complexity index is 3600. The van der Waals surface area contributed by atoms with Crippen LogP contribution in [0.3, 0.4) is 0 Å².